The zero-order valence-electron chi connectivity index (χ0n) is 14.9. The van der Waals surface area contributed by atoms with Crippen LogP contribution in [0.1, 0.15) is 32.2 Å². The zero-order chi connectivity index (χ0) is 17.4. The van der Waals surface area contributed by atoms with Crippen LogP contribution >= 0.6 is 38.5 Å². The van der Waals surface area contributed by atoms with Crippen LogP contribution in [0, 0.1) is 0 Å². The first-order valence-corrected chi connectivity index (χ1v) is 14.9. The molecule has 0 fully saturated rings. The van der Waals surface area contributed by atoms with Crippen LogP contribution in [-0.4, -0.2) is 13.3 Å². The molecule has 4 atom stereocenters. The van der Waals surface area contributed by atoms with Crippen LogP contribution in [0.5, 0.6) is 0 Å². The van der Waals surface area contributed by atoms with Gasteiger partial charge in [0.15, 0.2) is 0 Å². The summed E-state index contributed by atoms with van der Waals surface area (Å²) in [5.74, 6) is 0. The Morgan fingerprint density at radius 1 is 0.692 bits per heavy atom. The highest BCUT2D eigenvalue weighted by Gasteiger charge is 2.45. The average molecular weight is 410 g/mol. The van der Waals surface area contributed by atoms with Crippen molar-refractivity contribution in [1.82, 2.24) is 0 Å². The maximum atomic E-state index is 2.57. The fraction of sp³-hybridized carbons (Fsp3) is 0.273. The van der Waals surface area contributed by atoms with Gasteiger partial charge in [-0.25, -0.2) is 0 Å². The molecule has 4 heteroatoms. The number of benzene rings is 2. The van der Waals surface area contributed by atoms with Crippen LogP contribution in [0.15, 0.2) is 48.5 Å². The number of hydrogen-bond acceptors (Lipinski definition) is 2. The maximum absolute atomic E-state index is 2.57. The lowest BCUT2D eigenvalue weighted by molar-refractivity contribution is 0.938. The number of thiophene rings is 2. The van der Waals surface area contributed by atoms with Gasteiger partial charge in [-0.05, 0) is 59.7 Å². The summed E-state index contributed by atoms with van der Waals surface area (Å²) in [6, 6.07) is 18.2. The van der Waals surface area contributed by atoms with Crippen molar-refractivity contribution in [3.05, 3.63) is 69.4 Å². The standard InChI is InChI=1S/C22H20P2S2/c1-23-11-15-13-7-3-5-9-17(13)25-21(15)19(23)20-22-16(12-24(20)2)14-8-4-6-10-18(14)26-22/h3-10,19-20H,11-12H2,1-2H3/t19-,20?,23?,24?/m0/s1. The molecular formula is C22H20P2S2. The van der Waals surface area contributed by atoms with E-state index in [2.05, 4.69) is 84.5 Å². The molecule has 0 saturated carbocycles. The lowest BCUT2D eigenvalue weighted by Gasteiger charge is -2.27. The molecule has 2 aliphatic rings. The summed E-state index contributed by atoms with van der Waals surface area (Å²) in [7, 11) is 0.101. The van der Waals surface area contributed by atoms with Gasteiger partial charge < -0.3 is 0 Å². The molecule has 4 aromatic rings. The summed E-state index contributed by atoms with van der Waals surface area (Å²) < 4.78 is 3.00. The molecule has 0 amide bonds. The quantitative estimate of drug-likeness (QED) is 0.278. The number of hydrogen-bond donors (Lipinski definition) is 0. The molecule has 0 aliphatic carbocycles. The smallest absolute Gasteiger partial charge is 0.0348 e. The van der Waals surface area contributed by atoms with Crippen LogP contribution in [0.3, 0.4) is 0 Å². The van der Waals surface area contributed by atoms with E-state index >= 15 is 0 Å². The molecule has 4 heterocycles. The molecule has 2 aromatic carbocycles. The fourth-order valence-corrected chi connectivity index (χ4v) is 15.0. The second-order valence-corrected chi connectivity index (χ2v) is 14.5. The molecule has 0 saturated heterocycles. The number of fused-ring (bicyclic) bond motifs is 6. The zero-order valence-corrected chi connectivity index (χ0v) is 18.3. The summed E-state index contributed by atoms with van der Waals surface area (Å²) in [6.07, 6.45) is 2.67. The summed E-state index contributed by atoms with van der Waals surface area (Å²) in [4.78, 5) is 3.48. The van der Waals surface area contributed by atoms with E-state index in [0.717, 1.165) is 11.3 Å². The Labute approximate surface area is 164 Å². The SMILES string of the molecule is CP1Cc2c(sc3ccccc23)C1[C@H]1c2sc3ccccc3c2CP1C. The molecular weight excluding hydrogens is 390 g/mol. The Morgan fingerprint density at radius 3 is 1.58 bits per heavy atom. The van der Waals surface area contributed by atoms with Gasteiger partial charge in [0.05, 0.1) is 0 Å². The van der Waals surface area contributed by atoms with Gasteiger partial charge >= 0.3 is 0 Å². The first-order chi connectivity index (χ1) is 12.7. The minimum atomic E-state index is 0.0504. The van der Waals surface area contributed by atoms with E-state index in [-0.39, 0.29) is 15.8 Å². The molecule has 0 nitrogen and oxygen atoms in total. The van der Waals surface area contributed by atoms with Gasteiger partial charge in [0.1, 0.15) is 0 Å². The largest absolute Gasteiger partial charge is 0.139 e. The molecule has 0 bridgehead atoms. The van der Waals surface area contributed by atoms with Gasteiger partial charge in [-0.1, -0.05) is 52.2 Å². The Kier molecular flexibility index (Phi) is 3.65. The van der Waals surface area contributed by atoms with Crippen LogP contribution in [0.2, 0.25) is 0 Å². The molecule has 3 unspecified atom stereocenters. The molecule has 6 rings (SSSR count). The Hall–Kier alpha value is -0.780. The minimum Gasteiger partial charge on any atom is -0.139 e. The second-order valence-electron chi connectivity index (χ2n) is 7.60. The third-order valence-corrected chi connectivity index (χ3v) is 13.9. The highest BCUT2D eigenvalue weighted by Crippen LogP contribution is 2.76. The maximum Gasteiger partial charge on any atom is 0.0348 e. The van der Waals surface area contributed by atoms with E-state index in [4.69, 9.17) is 0 Å². The van der Waals surface area contributed by atoms with E-state index < -0.39 is 0 Å². The third-order valence-electron chi connectivity index (χ3n) is 6.06. The lowest BCUT2D eigenvalue weighted by Crippen LogP contribution is -2.00. The van der Waals surface area contributed by atoms with Crippen LogP contribution in [-0.2, 0) is 12.3 Å². The first kappa shape index (κ1) is 16.2. The van der Waals surface area contributed by atoms with Gasteiger partial charge in [-0.3, -0.25) is 0 Å². The average Bonchev–Trinajstić information content (AvgIpc) is 3.34. The Balaban J connectivity index is 1.54. The Bertz CT molecular complexity index is 1060. The van der Waals surface area contributed by atoms with Crippen molar-refractivity contribution in [2.45, 2.75) is 23.6 Å². The monoisotopic (exact) mass is 410 g/mol. The molecule has 0 radical (unpaired) electrons. The van der Waals surface area contributed by atoms with E-state index in [1.165, 1.54) is 21.7 Å². The van der Waals surface area contributed by atoms with Crippen LogP contribution in [0.25, 0.3) is 20.2 Å². The van der Waals surface area contributed by atoms with E-state index in [9.17, 15) is 0 Å². The van der Waals surface area contributed by atoms with Crippen molar-refractivity contribution in [1.29, 1.82) is 0 Å². The second kappa shape index (κ2) is 5.86. The highest BCUT2D eigenvalue weighted by atomic mass is 32.1. The van der Waals surface area contributed by atoms with Gasteiger partial charge in [0.25, 0.3) is 0 Å². The van der Waals surface area contributed by atoms with Crippen molar-refractivity contribution in [3.63, 3.8) is 0 Å². The third kappa shape index (κ3) is 2.14. The topological polar surface area (TPSA) is 0 Å². The first-order valence-electron chi connectivity index (χ1n) is 9.13. The molecule has 130 valence electrons. The summed E-state index contributed by atoms with van der Waals surface area (Å²) in [5, 5.41) is 3.08. The van der Waals surface area contributed by atoms with Crippen molar-refractivity contribution < 1.29 is 0 Å². The van der Waals surface area contributed by atoms with E-state index in [1.807, 2.05) is 0 Å². The summed E-state index contributed by atoms with van der Waals surface area (Å²) in [6.45, 7) is 5.13. The predicted octanol–water partition coefficient (Wildman–Crippen LogP) is 8.15. The normalized spacial score (nSPS) is 27.3. The van der Waals surface area contributed by atoms with Gasteiger partial charge in [0, 0.05) is 30.5 Å². The van der Waals surface area contributed by atoms with Crippen LogP contribution < -0.4 is 0 Å². The lowest BCUT2D eigenvalue weighted by atomic mass is 10.1. The molecule has 0 spiro atoms. The molecule has 0 N–H and O–H groups in total. The summed E-state index contributed by atoms with van der Waals surface area (Å²) >= 11 is 4.20. The van der Waals surface area contributed by atoms with Gasteiger partial charge in [0.2, 0.25) is 0 Å². The highest BCUT2D eigenvalue weighted by molar-refractivity contribution is 7.62. The van der Waals surface area contributed by atoms with Gasteiger partial charge in [-0.2, -0.15) is 0 Å². The summed E-state index contributed by atoms with van der Waals surface area (Å²) in [5.41, 5.74) is 4.98. The van der Waals surface area contributed by atoms with Crippen molar-refractivity contribution in [3.8, 4) is 0 Å². The van der Waals surface area contributed by atoms with Crippen molar-refractivity contribution in [2.75, 3.05) is 13.3 Å². The molecule has 2 aliphatic heterocycles. The van der Waals surface area contributed by atoms with Crippen LogP contribution in [0.4, 0.5) is 0 Å². The van der Waals surface area contributed by atoms with Gasteiger partial charge in [-0.15, -0.1) is 22.7 Å². The predicted molar refractivity (Wildman–Crippen MR) is 122 cm³/mol. The van der Waals surface area contributed by atoms with E-state index in [0.29, 0.717) is 0 Å². The van der Waals surface area contributed by atoms with E-state index in [1.54, 1.807) is 31.7 Å². The van der Waals surface area contributed by atoms with Crippen molar-refractivity contribution >= 4 is 58.7 Å². The molecule has 26 heavy (non-hydrogen) atoms. The Morgan fingerprint density at radius 2 is 1.12 bits per heavy atom. The van der Waals surface area contributed by atoms with Crippen molar-refractivity contribution in [2.24, 2.45) is 0 Å². The number of rotatable bonds is 1. The minimum absolute atomic E-state index is 0.0504. The fourth-order valence-electron chi connectivity index (χ4n) is 4.90. The molecule has 2 aromatic heterocycles.